The molecule has 0 aliphatic heterocycles. The normalized spacial score (nSPS) is 11.4. The Morgan fingerprint density at radius 3 is 2.50 bits per heavy atom. The number of non-ortho nitro benzene ring substituents is 1. The van der Waals surface area contributed by atoms with Gasteiger partial charge in [-0.3, -0.25) is 10.1 Å². The molecular formula is C9H9N3O2. The standard InChI is InChI=1S/C9H9N3O2/c1-7(6-10)11-8-2-4-9(5-3-8)12(13)14/h2-5,7,11H,1H3. The lowest BCUT2D eigenvalue weighted by Gasteiger charge is -2.06. The molecule has 0 saturated carbocycles. The van der Waals surface area contributed by atoms with Crippen molar-refractivity contribution in [1.29, 1.82) is 5.26 Å². The quantitative estimate of drug-likeness (QED) is 0.584. The second-order valence-corrected chi connectivity index (χ2v) is 2.80. The van der Waals surface area contributed by atoms with Crippen molar-refractivity contribution in [3.05, 3.63) is 34.4 Å². The molecule has 0 spiro atoms. The minimum Gasteiger partial charge on any atom is -0.370 e. The Bertz CT molecular complexity index is 367. The van der Waals surface area contributed by atoms with Gasteiger partial charge in [0.05, 0.1) is 11.0 Å². The number of nitrogens with zero attached hydrogens (tertiary/aromatic N) is 2. The maximum atomic E-state index is 10.3. The molecule has 0 amide bonds. The average Bonchev–Trinajstić information content (AvgIpc) is 2.18. The molecule has 1 atom stereocenters. The lowest BCUT2D eigenvalue weighted by molar-refractivity contribution is -0.384. The molecule has 0 radical (unpaired) electrons. The van der Waals surface area contributed by atoms with E-state index in [1.54, 1.807) is 19.1 Å². The summed E-state index contributed by atoms with van der Waals surface area (Å²) in [5.74, 6) is 0. The molecule has 0 bridgehead atoms. The van der Waals surface area contributed by atoms with Crippen molar-refractivity contribution >= 4 is 11.4 Å². The number of rotatable bonds is 3. The molecule has 0 aliphatic rings. The predicted molar refractivity (Wildman–Crippen MR) is 51.8 cm³/mol. The minimum absolute atomic E-state index is 0.0418. The first-order valence-corrected chi connectivity index (χ1v) is 4.04. The monoisotopic (exact) mass is 191 g/mol. The van der Waals surface area contributed by atoms with Crippen LogP contribution in [0.25, 0.3) is 0 Å². The van der Waals surface area contributed by atoms with Gasteiger partial charge in [0.1, 0.15) is 6.04 Å². The summed E-state index contributed by atoms with van der Waals surface area (Å²) in [7, 11) is 0. The van der Waals surface area contributed by atoms with Gasteiger partial charge in [-0.15, -0.1) is 0 Å². The van der Waals surface area contributed by atoms with Crippen molar-refractivity contribution in [1.82, 2.24) is 0 Å². The van der Waals surface area contributed by atoms with Crippen molar-refractivity contribution < 1.29 is 4.92 Å². The van der Waals surface area contributed by atoms with E-state index >= 15 is 0 Å². The summed E-state index contributed by atoms with van der Waals surface area (Å²) in [6.07, 6.45) is 0. The van der Waals surface area contributed by atoms with Gasteiger partial charge in [-0.05, 0) is 19.1 Å². The van der Waals surface area contributed by atoms with E-state index in [0.717, 1.165) is 0 Å². The zero-order valence-corrected chi connectivity index (χ0v) is 7.60. The molecule has 5 nitrogen and oxygen atoms in total. The number of nitro benzene ring substituents is 1. The van der Waals surface area contributed by atoms with Crippen LogP contribution >= 0.6 is 0 Å². The van der Waals surface area contributed by atoms with E-state index in [4.69, 9.17) is 5.26 Å². The number of nitro groups is 1. The highest BCUT2D eigenvalue weighted by atomic mass is 16.6. The van der Waals surface area contributed by atoms with Gasteiger partial charge in [0.15, 0.2) is 0 Å². The van der Waals surface area contributed by atoms with Crippen LogP contribution in [0.15, 0.2) is 24.3 Å². The van der Waals surface area contributed by atoms with Gasteiger partial charge in [-0.2, -0.15) is 5.26 Å². The summed E-state index contributed by atoms with van der Waals surface area (Å²) in [5.41, 5.74) is 0.741. The van der Waals surface area contributed by atoms with E-state index in [1.807, 2.05) is 6.07 Å². The fourth-order valence-electron chi connectivity index (χ4n) is 0.962. The fraction of sp³-hybridized carbons (Fsp3) is 0.222. The molecule has 72 valence electrons. The maximum absolute atomic E-state index is 10.3. The number of nitrogens with one attached hydrogen (secondary N) is 1. The third-order valence-corrected chi connectivity index (χ3v) is 1.65. The lowest BCUT2D eigenvalue weighted by atomic mass is 10.2. The van der Waals surface area contributed by atoms with E-state index in [1.165, 1.54) is 12.1 Å². The van der Waals surface area contributed by atoms with Crippen LogP contribution in [0.1, 0.15) is 6.92 Å². The van der Waals surface area contributed by atoms with Crippen LogP contribution in [0.2, 0.25) is 0 Å². The van der Waals surface area contributed by atoms with Crippen LogP contribution in [-0.2, 0) is 0 Å². The molecule has 1 unspecified atom stereocenters. The SMILES string of the molecule is CC(C#N)Nc1ccc([N+](=O)[O-])cc1. The highest BCUT2D eigenvalue weighted by Gasteiger charge is 2.04. The first-order chi connectivity index (χ1) is 6.63. The second-order valence-electron chi connectivity index (χ2n) is 2.80. The van der Waals surface area contributed by atoms with Gasteiger partial charge in [0, 0.05) is 17.8 Å². The molecule has 14 heavy (non-hydrogen) atoms. The highest BCUT2D eigenvalue weighted by Crippen LogP contribution is 2.15. The molecule has 1 rings (SSSR count). The molecule has 1 aromatic carbocycles. The van der Waals surface area contributed by atoms with Crippen LogP contribution in [0.3, 0.4) is 0 Å². The highest BCUT2D eigenvalue weighted by molar-refractivity contribution is 5.49. The summed E-state index contributed by atoms with van der Waals surface area (Å²) in [6.45, 7) is 1.71. The number of nitriles is 1. The zero-order valence-electron chi connectivity index (χ0n) is 7.60. The molecule has 1 aromatic rings. The van der Waals surface area contributed by atoms with Gasteiger partial charge in [0.25, 0.3) is 5.69 Å². The third-order valence-electron chi connectivity index (χ3n) is 1.65. The average molecular weight is 191 g/mol. The third kappa shape index (κ3) is 2.45. The molecule has 1 N–H and O–H groups in total. The summed E-state index contributed by atoms with van der Waals surface area (Å²) in [5, 5.41) is 21.7. The lowest BCUT2D eigenvalue weighted by Crippen LogP contribution is -2.11. The summed E-state index contributed by atoms with van der Waals surface area (Å²) >= 11 is 0. The molecule has 0 heterocycles. The molecule has 0 saturated heterocycles. The van der Waals surface area contributed by atoms with Crippen molar-refractivity contribution in [3.8, 4) is 6.07 Å². The Balaban J connectivity index is 2.75. The maximum Gasteiger partial charge on any atom is 0.269 e. The summed E-state index contributed by atoms with van der Waals surface area (Å²) in [4.78, 5) is 9.86. The van der Waals surface area contributed by atoms with E-state index in [2.05, 4.69) is 5.32 Å². The molecule has 0 aliphatic carbocycles. The fourth-order valence-corrected chi connectivity index (χ4v) is 0.962. The van der Waals surface area contributed by atoms with Crippen LogP contribution < -0.4 is 5.32 Å². The van der Waals surface area contributed by atoms with E-state index in [0.29, 0.717) is 5.69 Å². The Morgan fingerprint density at radius 1 is 1.50 bits per heavy atom. The number of hydrogen-bond acceptors (Lipinski definition) is 4. The van der Waals surface area contributed by atoms with Crippen LogP contribution in [0.4, 0.5) is 11.4 Å². The van der Waals surface area contributed by atoms with Crippen LogP contribution in [-0.4, -0.2) is 11.0 Å². The minimum atomic E-state index is -0.461. The number of benzene rings is 1. The first-order valence-electron chi connectivity index (χ1n) is 4.04. The Labute approximate surface area is 81.1 Å². The van der Waals surface area contributed by atoms with Crippen molar-refractivity contribution in [3.63, 3.8) is 0 Å². The Morgan fingerprint density at radius 2 is 2.07 bits per heavy atom. The zero-order chi connectivity index (χ0) is 10.6. The summed E-state index contributed by atoms with van der Waals surface area (Å²) in [6, 6.07) is 7.64. The molecule has 0 fully saturated rings. The van der Waals surface area contributed by atoms with Gasteiger partial charge >= 0.3 is 0 Å². The molecule has 0 aromatic heterocycles. The Hall–Kier alpha value is -2.09. The van der Waals surface area contributed by atoms with Crippen LogP contribution in [0.5, 0.6) is 0 Å². The molecular weight excluding hydrogens is 182 g/mol. The van der Waals surface area contributed by atoms with Gasteiger partial charge in [-0.1, -0.05) is 0 Å². The smallest absolute Gasteiger partial charge is 0.269 e. The van der Waals surface area contributed by atoms with E-state index in [9.17, 15) is 10.1 Å². The van der Waals surface area contributed by atoms with Gasteiger partial charge in [-0.25, -0.2) is 0 Å². The van der Waals surface area contributed by atoms with Crippen molar-refractivity contribution in [2.24, 2.45) is 0 Å². The first kappa shape index (κ1) is 9.99. The largest absolute Gasteiger partial charge is 0.370 e. The number of hydrogen-bond donors (Lipinski definition) is 1. The van der Waals surface area contributed by atoms with Crippen molar-refractivity contribution in [2.75, 3.05) is 5.32 Å². The predicted octanol–water partition coefficient (Wildman–Crippen LogP) is 1.92. The van der Waals surface area contributed by atoms with Crippen molar-refractivity contribution in [2.45, 2.75) is 13.0 Å². The second kappa shape index (κ2) is 4.23. The topological polar surface area (TPSA) is 79.0 Å². The van der Waals surface area contributed by atoms with E-state index < -0.39 is 4.92 Å². The van der Waals surface area contributed by atoms with E-state index in [-0.39, 0.29) is 11.7 Å². The summed E-state index contributed by atoms with van der Waals surface area (Å²) < 4.78 is 0. The number of anilines is 1. The Kier molecular flexibility index (Phi) is 3.02. The van der Waals surface area contributed by atoms with Gasteiger partial charge in [0.2, 0.25) is 0 Å². The van der Waals surface area contributed by atoms with Gasteiger partial charge < -0.3 is 5.32 Å². The van der Waals surface area contributed by atoms with Crippen LogP contribution in [0, 0.1) is 21.4 Å². The molecule has 5 heteroatoms.